The third-order valence-corrected chi connectivity index (χ3v) is 2.39. The molecule has 0 bridgehead atoms. The molecule has 0 saturated carbocycles. The van der Waals surface area contributed by atoms with Crippen LogP contribution in [0.5, 0.6) is 0 Å². The molecule has 0 aromatic carbocycles. The highest BCUT2D eigenvalue weighted by Gasteiger charge is 2.17. The number of nitrogens with zero attached hydrogens (tertiary/aromatic N) is 3. The fourth-order valence-corrected chi connectivity index (χ4v) is 1.51. The highest BCUT2D eigenvalue weighted by atomic mass is 15.6. The average molecular weight is 163 g/mol. The second-order valence-electron chi connectivity index (χ2n) is 3.14. The Labute approximate surface area is 72.6 Å². The van der Waals surface area contributed by atoms with E-state index < -0.39 is 0 Å². The predicted octanol–water partition coefficient (Wildman–Crippen LogP) is 0.921. The monoisotopic (exact) mass is 163 g/mol. The summed E-state index contributed by atoms with van der Waals surface area (Å²) in [6.07, 6.45) is 2.94. The van der Waals surface area contributed by atoms with Crippen LogP contribution in [0.15, 0.2) is 18.3 Å². The number of anilines is 1. The van der Waals surface area contributed by atoms with Crippen molar-refractivity contribution in [1.29, 1.82) is 0 Å². The van der Waals surface area contributed by atoms with E-state index in [-0.39, 0.29) is 0 Å². The van der Waals surface area contributed by atoms with E-state index in [2.05, 4.69) is 28.1 Å². The SMILES string of the molecule is CN1CCc2cccnc2N1C. The Hall–Kier alpha value is -1.09. The highest BCUT2D eigenvalue weighted by molar-refractivity contribution is 5.46. The van der Waals surface area contributed by atoms with Gasteiger partial charge in [-0.15, -0.1) is 0 Å². The van der Waals surface area contributed by atoms with Crippen molar-refractivity contribution in [2.24, 2.45) is 0 Å². The number of likely N-dealkylation sites (N-methyl/N-ethyl adjacent to an activating group) is 1. The van der Waals surface area contributed by atoms with Crippen molar-refractivity contribution >= 4 is 5.82 Å². The molecule has 0 amide bonds. The van der Waals surface area contributed by atoms with Crippen molar-refractivity contribution in [2.75, 3.05) is 25.6 Å². The van der Waals surface area contributed by atoms with Crippen molar-refractivity contribution in [3.8, 4) is 0 Å². The Morgan fingerprint density at radius 1 is 1.42 bits per heavy atom. The molecule has 3 heteroatoms. The van der Waals surface area contributed by atoms with Gasteiger partial charge in [0.25, 0.3) is 0 Å². The summed E-state index contributed by atoms with van der Waals surface area (Å²) in [5, 5.41) is 4.27. The van der Waals surface area contributed by atoms with Gasteiger partial charge in [0, 0.05) is 26.8 Å². The summed E-state index contributed by atoms with van der Waals surface area (Å²) in [4.78, 5) is 4.33. The molecule has 0 aliphatic carbocycles. The molecule has 64 valence electrons. The quantitative estimate of drug-likeness (QED) is 0.567. The summed E-state index contributed by atoms with van der Waals surface area (Å²) in [6.45, 7) is 1.08. The Morgan fingerprint density at radius 2 is 2.25 bits per heavy atom. The number of hydrogen-bond donors (Lipinski definition) is 0. The van der Waals surface area contributed by atoms with Gasteiger partial charge >= 0.3 is 0 Å². The Morgan fingerprint density at radius 3 is 3.08 bits per heavy atom. The second kappa shape index (κ2) is 2.75. The molecule has 1 aromatic heterocycles. The highest BCUT2D eigenvalue weighted by Crippen LogP contribution is 2.21. The van der Waals surface area contributed by atoms with E-state index in [4.69, 9.17) is 0 Å². The van der Waals surface area contributed by atoms with Crippen LogP contribution < -0.4 is 5.01 Å². The minimum absolute atomic E-state index is 1.08. The fourth-order valence-electron chi connectivity index (χ4n) is 1.51. The normalized spacial score (nSPS) is 17.7. The van der Waals surface area contributed by atoms with Crippen molar-refractivity contribution in [1.82, 2.24) is 9.99 Å². The summed E-state index contributed by atoms with van der Waals surface area (Å²) >= 11 is 0. The van der Waals surface area contributed by atoms with Gasteiger partial charge in [-0.05, 0) is 18.1 Å². The van der Waals surface area contributed by atoms with E-state index in [9.17, 15) is 0 Å². The number of hydrazine groups is 1. The van der Waals surface area contributed by atoms with Crippen LogP contribution in [0.3, 0.4) is 0 Å². The van der Waals surface area contributed by atoms with Crippen molar-refractivity contribution < 1.29 is 0 Å². The molecule has 0 unspecified atom stereocenters. The van der Waals surface area contributed by atoms with Gasteiger partial charge in [0.15, 0.2) is 0 Å². The molecule has 0 N–H and O–H groups in total. The Kier molecular flexibility index (Phi) is 1.73. The smallest absolute Gasteiger partial charge is 0.145 e. The molecular formula is C9H13N3. The van der Waals surface area contributed by atoms with Crippen LogP contribution in [-0.4, -0.2) is 30.6 Å². The van der Waals surface area contributed by atoms with Crippen molar-refractivity contribution in [2.45, 2.75) is 6.42 Å². The molecule has 12 heavy (non-hydrogen) atoms. The fraction of sp³-hybridized carbons (Fsp3) is 0.444. The van der Waals surface area contributed by atoms with E-state index in [1.807, 2.05) is 19.3 Å². The lowest BCUT2D eigenvalue weighted by Gasteiger charge is -2.34. The zero-order valence-corrected chi connectivity index (χ0v) is 7.49. The van der Waals surface area contributed by atoms with Crippen LogP contribution in [-0.2, 0) is 6.42 Å². The van der Waals surface area contributed by atoms with E-state index in [0.717, 1.165) is 18.8 Å². The van der Waals surface area contributed by atoms with E-state index in [1.165, 1.54) is 5.56 Å². The third-order valence-electron chi connectivity index (χ3n) is 2.39. The summed E-state index contributed by atoms with van der Waals surface area (Å²) in [5.74, 6) is 1.09. The zero-order chi connectivity index (χ0) is 8.55. The summed E-state index contributed by atoms with van der Waals surface area (Å²) in [6, 6.07) is 4.14. The minimum atomic E-state index is 1.08. The molecule has 0 saturated heterocycles. The number of fused-ring (bicyclic) bond motifs is 1. The summed E-state index contributed by atoms with van der Waals surface area (Å²) in [7, 11) is 4.13. The largest absolute Gasteiger partial charge is 0.293 e. The molecule has 0 atom stereocenters. The van der Waals surface area contributed by atoms with Crippen molar-refractivity contribution in [3.63, 3.8) is 0 Å². The first-order chi connectivity index (χ1) is 5.79. The van der Waals surface area contributed by atoms with Gasteiger partial charge in [0.1, 0.15) is 5.82 Å². The molecule has 1 aromatic rings. The predicted molar refractivity (Wildman–Crippen MR) is 49.0 cm³/mol. The van der Waals surface area contributed by atoms with Crippen LogP contribution in [0.2, 0.25) is 0 Å². The van der Waals surface area contributed by atoms with Crippen LogP contribution >= 0.6 is 0 Å². The molecule has 2 rings (SSSR count). The molecule has 3 nitrogen and oxygen atoms in total. The molecular weight excluding hydrogens is 150 g/mol. The number of rotatable bonds is 0. The molecule has 0 fully saturated rings. The van der Waals surface area contributed by atoms with E-state index >= 15 is 0 Å². The van der Waals surface area contributed by atoms with Crippen LogP contribution in [0.4, 0.5) is 5.82 Å². The zero-order valence-electron chi connectivity index (χ0n) is 7.49. The Balaban J connectivity index is 2.42. The molecule has 1 aliphatic heterocycles. The van der Waals surface area contributed by atoms with Gasteiger partial charge in [-0.2, -0.15) is 0 Å². The minimum Gasteiger partial charge on any atom is -0.293 e. The first-order valence-corrected chi connectivity index (χ1v) is 4.17. The van der Waals surface area contributed by atoms with Gasteiger partial charge < -0.3 is 0 Å². The van der Waals surface area contributed by atoms with Gasteiger partial charge in [0.2, 0.25) is 0 Å². The van der Waals surface area contributed by atoms with E-state index in [0.29, 0.717) is 0 Å². The van der Waals surface area contributed by atoms with Crippen LogP contribution in [0, 0.1) is 0 Å². The van der Waals surface area contributed by atoms with Gasteiger partial charge in [0.05, 0.1) is 0 Å². The molecule has 0 spiro atoms. The van der Waals surface area contributed by atoms with Crippen molar-refractivity contribution in [3.05, 3.63) is 23.9 Å². The average Bonchev–Trinajstić information content (AvgIpc) is 2.12. The summed E-state index contributed by atoms with van der Waals surface area (Å²) < 4.78 is 0. The first kappa shape index (κ1) is 7.55. The number of pyridine rings is 1. The number of hydrogen-bond acceptors (Lipinski definition) is 3. The number of aromatic nitrogens is 1. The maximum Gasteiger partial charge on any atom is 0.145 e. The van der Waals surface area contributed by atoms with Crippen LogP contribution in [0.25, 0.3) is 0 Å². The maximum absolute atomic E-state index is 4.33. The van der Waals surface area contributed by atoms with Gasteiger partial charge in [-0.1, -0.05) is 6.07 Å². The standard InChI is InChI=1S/C9H13N3/c1-11-7-5-8-4-3-6-10-9(8)12(11)2/h3-4,6H,5,7H2,1-2H3. The molecule has 1 aliphatic rings. The molecule has 0 radical (unpaired) electrons. The lowest BCUT2D eigenvalue weighted by molar-refractivity contribution is 0.310. The maximum atomic E-state index is 4.33. The van der Waals surface area contributed by atoms with Gasteiger partial charge in [-0.3, -0.25) is 5.01 Å². The second-order valence-corrected chi connectivity index (χ2v) is 3.14. The Bertz CT molecular complexity index is 285. The molecule has 2 heterocycles. The van der Waals surface area contributed by atoms with Gasteiger partial charge in [-0.25, -0.2) is 9.99 Å². The third kappa shape index (κ3) is 1.06. The lowest BCUT2D eigenvalue weighted by Crippen LogP contribution is -2.42. The lowest BCUT2D eigenvalue weighted by atomic mass is 10.1. The van der Waals surface area contributed by atoms with Crippen LogP contribution in [0.1, 0.15) is 5.56 Å². The van der Waals surface area contributed by atoms with E-state index in [1.54, 1.807) is 0 Å². The topological polar surface area (TPSA) is 19.4 Å². The first-order valence-electron chi connectivity index (χ1n) is 4.17. The summed E-state index contributed by atoms with van der Waals surface area (Å²) in [5.41, 5.74) is 1.35.